The largest absolute Gasteiger partial charge is 0.282 e. The van der Waals surface area contributed by atoms with Gasteiger partial charge in [0.15, 0.2) is 5.65 Å². The minimum Gasteiger partial charge on any atom is -0.282 e. The first kappa shape index (κ1) is 5.10. The van der Waals surface area contributed by atoms with Crippen molar-refractivity contribution >= 4 is 11.2 Å². The van der Waals surface area contributed by atoms with Gasteiger partial charge in [-0.05, 0) is 6.07 Å². The lowest BCUT2D eigenvalue weighted by Gasteiger charge is -1.94. The summed E-state index contributed by atoms with van der Waals surface area (Å²) in [5.41, 5.74) is 1.55. The molecule has 10 heavy (non-hydrogen) atoms. The number of H-pyrrole nitrogens is 4. The molecule has 6 heteroatoms. The molecular formula is C4H6N6. The number of hydrogen-bond donors (Lipinski definition) is 4. The predicted octanol–water partition coefficient (Wildman–Crippen LogP) is 0.0666. The van der Waals surface area contributed by atoms with Crippen molar-refractivity contribution in [1.82, 2.24) is 30.8 Å². The maximum atomic E-state index is 3.79. The van der Waals surface area contributed by atoms with Gasteiger partial charge in [-0.25, -0.2) is 10.4 Å². The molecule has 0 saturated carbocycles. The Morgan fingerprint density at radius 2 is 2.10 bits per heavy atom. The average Bonchev–Trinajstić information content (AvgIpc) is 2.05. The summed E-state index contributed by atoms with van der Waals surface area (Å²) in [6, 6.07) is 1.81. The summed E-state index contributed by atoms with van der Waals surface area (Å²) in [7, 11) is 0. The van der Waals surface area contributed by atoms with E-state index >= 15 is 0 Å². The molecule has 0 fully saturated rings. The highest BCUT2D eigenvalue weighted by atomic mass is 15.4. The molecule has 0 bridgehead atoms. The zero-order chi connectivity index (χ0) is 6.81. The Hall–Kier alpha value is -1.72. The molecule has 0 radical (unpaired) electrons. The molecule has 0 atom stereocenters. The van der Waals surface area contributed by atoms with E-state index in [1.165, 1.54) is 0 Å². The van der Waals surface area contributed by atoms with E-state index in [1.807, 2.05) is 6.07 Å². The smallest absolute Gasteiger partial charge is 0.193 e. The van der Waals surface area contributed by atoms with Gasteiger partial charge in [0.2, 0.25) is 0 Å². The molecule has 2 rings (SSSR count). The zero-order valence-corrected chi connectivity index (χ0v) is 5.05. The fourth-order valence-electron chi connectivity index (χ4n) is 0.714. The Morgan fingerprint density at radius 3 is 3.00 bits per heavy atom. The van der Waals surface area contributed by atoms with Gasteiger partial charge < -0.3 is 0 Å². The number of fused-ring (bicyclic) bond motifs is 1. The van der Waals surface area contributed by atoms with Crippen molar-refractivity contribution in [3.63, 3.8) is 0 Å². The van der Waals surface area contributed by atoms with Crippen LogP contribution in [0.3, 0.4) is 0 Å². The molecule has 0 aromatic carbocycles. The Bertz CT molecular complexity index is 281. The first-order valence-electron chi connectivity index (χ1n) is 2.80. The summed E-state index contributed by atoms with van der Waals surface area (Å²) in [5, 5.41) is 18.4. The molecule has 0 amide bonds. The van der Waals surface area contributed by atoms with E-state index in [9.17, 15) is 0 Å². The van der Waals surface area contributed by atoms with Crippen LogP contribution >= 0.6 is 0 Å². The predicted molar refractivity (Wildman–Crippen MR) is 34.6 cm³/mol. The molecule has 4 N–H and O–H groups in total. The summed E-state index contributed by atoms with van der Waals surface area (Å²) >= 11 is 0. The van der Waals surface area contributed by atoms with Gasteiger partial charge in [0, 0.05) is 0 Å². The van der Waals surface area contributed by atoms with Gasteiger partial charge in [-0.2, -0.15) is 5.10 Å². The number of nitrogens with one attached hydrogen (secondary N) is 4. The quantitative estimate of drug-likeness (QED) is 0.415. The summed E-state index contributed by atoms with van der Waals surface area (Å²) in [6.07, 6.45) is 1.61. The van der Waals surface area contributed by atoms with Crippen LogP contribution in [0.2, 0.25) is 0 Å². The topological polar surface area (TPSA) is 88.9 Å². The van der Waals surface area contributed by atoms with Gasteiger partial charge in [-0.15, -0.1) is 5.10 Å². The van der Waals surface area contributed by atoms with Crippen LogP contribution in [0.15, 0.2) is 12.3 Å². The van der Waals surface area contributed by atoms with Crippen LogP contribution in [0, 0.1) is 0 Å². The summed E-state index contributed by atoms with van der Waals surface area (Å²) in [5.74, 6) is 0. The highest BCUT2D eigenvalue weighted by Gasteiger charge is 1.88. The minimum atomic E-state index is 0.682. The first-order valence-corrected chi connectivity index (χ1v) is 2.80. The van der Waals surface area contributed by atoms with E-state index < -0.39 is 0 Å². The van der Waals surface area contributed by atoms with Crippen LogP contribution in [0.5, 0.6) is 0 Å². The maximum Gasteiger partial charge on any atom is 0.193 e. The molecule has 2 aromatic rings. The third-order valence-electron chi connectivity index (χ3n) is 1.16. The second kappa shape index (κ2) is 1.90. The van der Waals surface area contributed by atoms with Crippen LogP contribution in [-0.2, 0) is 0 Å². The lowest BCUT2D eigenvalue weighted by atomic mass is 10.5. The second-order valence-electron chi connectivity index (χ2n) is 1.79. The molecule has 2 aromatic heterocycles. The number of aromatic amines is 4. The molecule has 0 aliphatic carbocycles. The van der Waals surface area contributed by atoms with Crippen LogP contribution in [0.25, 0.3) is 11.2 Å². The van der Waals surface area contributed by atoms with Crippen molar-refractivity contribution in [2.75, 3.05) is 0 Å². The van der Waals surface area contributed by atoms with Crippen molar-refractivity contribution in [3.05, 3.63) is 12.3 Å². The molecule has 0 unspecified atom stereocenters. The Kier molecular flexibility index (Phi) is 0.970. The van der Waals surface area contributed by atoms with Crippen molar-refractivity contribution < 1.29 is 0 Å². The average molecular weight is 138 g/mol. The summed E-state index contributed by atoms with van der Waals surface area (Å²) < 4.78 is 0. The van der Waals surface area contributed by atoms with Crippen molar-refractivity contribution in [2.45, 2.75) is 0 Å². The van der Waals surface area contributed by atoms with Gasteiger partial charge in [0.05, 0.1) is 6.20 Å². The van der Waals surface area contributed by atoms with E-state index in [0.717, 1.165) is 5.52 Å². The summed E-state index contributed by atoms with van der Waals surface area (Å²) in [4.78, 5) is 0. The Morgan fingerprint density at radius 1 is 1.20 bits per heavy atom. The van der Waals surface area contributed by atoms with Crippen LogP contribution in [0.1, 0.15) is 0 Å². The van der Waals surface area contributed by atoms with Gasteiger partial charge >= 0.3 is 0 Å². The van der Waals surface area contributed by atoms with Gasteiger partial charge in [0.1, 0.15) is 5.52 Å². The number of rotatable bonds is 0. The van der Waals surface area contributed by atoms with E-state index in [1.54, 1.807) is 6.20 Å². The minimum absolute atomic E-state index is 0.682. The maximum absolute atomic E-state index is 3.79. The van der Waals surface area contributed by atoms with Gasteiger partial charge in [-0.3, -0.25) is 10.2 Å². The lowest BCUT2D eigenvalue weighted by molar-refractivity contribution is 0.783. The van der Waals surface area contributed by atoms with Crippen molar-refractivity contribution in [2.24, 2.45) is 0 Å². The van der Waals surface area contributed by atoms with E-state index in [-0.39, 0.29) is 0 Å². The fourth-order valence-corrected chi connectivity index (χ4v) is 0.714. The Labute approximate surface area is 55.3 Å². The van der Waals surface area contributed by atoms with Gasteiger partial charge in [-0.1, -0.05) is 0 Å². The van der Waals surface area contributed by atoms with E-state index in [4.69, 9.17) is 0 Å². The molecule has 0 aliphatic heterocycles. The highest BCUT2D eigenvalue weighted by molar-refractivity contribution is 5.65. The van der Waals surface area contributed by atoms with Crippen molar-refractivity contribution in [3.8, 4) is 0 Å². The number of aromatic nitrogens is 6. The standard InChI is InChI=1S/C4H6N6/c1-2-5-7-4-3(1)6-9-10-8-4/h1-2,6,9-10H,(H,7,8). The van der Waals surface area contributed by atoms with E-state index in [0.29, 0.717) is 5.65 Å². The highest BCUT2D eigenvalue weighted by Crippen LogP contribution is 1.95. The lowest BCUT2D eigenvalue weighted by Crippen LogP contribution is -1.94. The molecule has 0 saturated heterocycles. The first-order chi connectivity index (χ1) is 4.97. The monoisotopic (exact) mass is 138 g/mol. The normalized spacial score (nSPS) is 10.0. The van der Waals surface area contributed by atoms with Crippen LogP contribution in [0.4, 0.5) is 0 Å². The molecule has 0 aliphatic rings. The SMILES string of the molecule is c1cc2[nH][nH][nH][nH]c2nn1. The zero-order valence-electron chi connectivity index (χ0n) is 5.05. The second-order valence-corrected chi connectivity index (χ2v) is 1.79. The molecule has 0 spiro atoms. The molecule has 2 heterocycles. The molecule has 52 valence electrons. The van der Waals surface area contributed by atoms with Crippen molar-refractivity contribution in [1.29, 1.82) is 0 Å². The molecular weight excluding hydrogens is 132 g/mol. The summed E-state index contributed by atoms with van der Waals surface area (Å²) in [6.45, 7) is 0. The fraction of sp³-hybridized carbons (Fsp3) is 0. The Balaban J connectivity index is 2.89. The van der Waals surface area contributed by atoms with Crippen LogP contribution in [-0.4, -0.2) is 30.8 Å². The number of hydrogen-bond acceptors (Lipinski definition) is 2. The van der Waals surface area contributed by atoms with Gasteiger partial charge in [0.25, 0.3) is 0 Å². The third-order valence-corrected chi connectivity index (χ3v) is 1.16. The molecule has 6 nitrogen and oxygen atoms in total. The third kappa shape index (κ3) is 0.661. The number of nitrogens with zero attached hydrogens (tertiary/aromatic N) is 2. The van der Waals surface area contributed by atoms with Crippen LogP contribution < -0.4 is 0 Å². The van der Waals surface area contributed by atoms with E-state index in [2.05, 4.69) is 30.8 Å².